The van der Waals surface area contributed by atoms with Gasteiger partial charge in [-0.25, -0.2) is 0 Å². The Hall–Kier alpha value is -1.46. The molecule has 1 aromatic carbocycles. The van der Waals surface area contributed by atoms with Crippen LogP contribution in [0.2, 0.25) is 0 Å². The van der Waals surface area contributed by atoms with E-state index in [0.29, 0.717) is 26.3 Å². The van der Waals surface area contributed by atoms with Crippen molar-refractivity contribution in [2.75, 3.05) is 31.6 Å². The summed E-state index contributed by atoms with van der Waals surface area (Å²) in [4.78, 5) is 16.3. The van der Waals surface area contributed by atoms with Crippen molar-refractivity contribution in [1.82, 2.24) is 4.90 Å². The molecule has 1 saturated heterocycles. The summed E-state index contributed by atoms with van der Waals surface area (Å²) in [5.41, 5.74) is 2.00. The standard InChI is InChI=1S/C14H16N2O2S/c1-10-13(14(17)16-6-8-18-9-7-16)19-12-5-3-2-4-11(12)15-10/h2-5,15H,6-9H2,1H3. The van der Waals surface area contributed by atoms with Crippen LogP contribution in [0.3, 0.4) is 0 Å². The van der Waals surface area contributed by atoms with Gasteiger partial charge in [-0.2, -0.15) is 0 Å². The van der Waals surface area contributed by atoms with Crippen LogP contribution in [-0.4, -0.2) is 37.1 Å². The molecule has 1 N–H and O–H groups in total. The molecule has 0 spiro atoms. The third-order valence-corrected chi connectivity index (χ3v) is 4.52. The van der Waals surface area contributed by atoms with Crippen molar-refractivity contribution in [1.29, 1.82) is 0 Å². The minimum absolute atomic E-state index is 0.104. The van der Waals surface area contributed by atoms with E-state index in [9.17, 15) is 4.79 Å². The molecule has 0 radical (unpaired) electrons. The molecule has 0 saturated carbocycles. The van der Waals surface area contributed by atoms with Crippen LogP contribution in [0.4, 0.5) is 5.69 Å². The van der Waals surface area contributed by atoms with E-state index in [2.05, 4.69) is 5.32 Å². The SMILES string of the molecule is CC1=C(C(=O)N2CCOCC2)Sc2ccccc2N1. The molecule has 1 aromatic rings. The summed E-state index contributed by atoms with van der Waals surface area (Å²) in [5.74, 6) is 0.104. The van der Waals surface area contributed by atoms with E-state index >= 15 is 0 Å². The van der Waals surface area contributed by atoms with Gasteiger partial charge in [0.05, 0.1) is 23.8 Å². The Labute approximate surface area is 116 Å². The number of amides is 1. The summed E-state index contributed by atoms with van der Waals surface area (Å²) in [6.07, 6.45) is 0. The highest BCUT2D eigenvalue weighted by Crippen LogP contribution is 2.40. The van der Waals surface area contributed by atoms with Gasteiger partial charge in [0, 0.05) is 23.7 Å². The minimum atomic E-state index is 0.104. The monoisotopic (exact) mass is 276 g/mol. The summed E-state index contributed by atoms with van der Waals surface area (Å²) >= 11 is 1.55. The van der Waals surface area contributed by atoms with E-state index in [1.165, 1.54) is 0 Å². The third-order valence-electron chi connectivity index (χ3n) is 3.25. The van der Waals surface area contributed by atoms with Crippen molar-refractivity contribution in [2.24, 2.45) is 0 Å². The normalized spacial score (nSPS) is 18.9. The molecule has 0 bridgehead atoms. The molecule has 5 heteroatoms. The highest BCUT2D eigenvalue weighted by atomic mass is 32.2. The highest BCUT2D eigenvalue weighted by molar-refractivity contribution is 8.04. The van der Waals surface area contributed by atoms with Crippen molar-refractivity contribution in [3.05, 3.63) is 34.9 Å². The van der Waals surface area contributed by atoms with Gasteiger partial charge in [-0.1, -0.05) is 23.9 Å². The number of carbonyl (C=O) groups excluding carboxylic acids is 1. The van der Waals surface area contributed by atoms with Crippen LogP contribution in [0.5, 0.6) is 0 Å². The molecule has 2 aliphatic heterocycles. The van der Waals surface area contributed by atoms with Gasteiger partial charge in [0.2, 0.25) is 0 Å². The second-order valence-electron chi connectivity index (χ2n) is 4.58. The maximum absolute atomic E-state index is 12.5. The fourth-order valence-electron chi connectivity index (χ4n) is 2.22. The van der Waals surface area contributed by atoms with Gasteiger partial charge in [0.1, 0.15) is 0 Å². The van der Waals surface area contributed by atoms with E-state index < -0.39 is 0 Å². The summed E-state index contributed by atoms with van der Waals surface area (Å²) in [6, 6.07) is 8.05. The first-order chi connectivity index (χ1) is 9.25. The summed E-state index contributed by atoms with van der Waals surface area (Å²) in [6.45, 7) is 4.58. The van der Waals surface area contributed by atoms with E-state index in [0.717, 1.165) is 21.2 Å². The van der Waals surface area contributed by atoms with E-state index in [1.807, 2.05) is 36.1 Å². The number of para-hydroxylation sites is 1. The maximum Gasteiger partial charge on any atom is 0.262 e. The number of nitrogens with one attached hydrogen (secondary N) is 1. The molecule has 2 aliphatic rings. The molecule has 4 nitrogen and oxygen atoms in total. The van der Waals surface area contributed by atoms with Crippen molar-refractivity contribution >= 4 is 23.4 Å². The molecule has 0 unspecified atom stereocenters. The number of morpholine rings is 1. The summed E-state index contributed by atoms with van der Waals surface area (Å²) in [7, 11) is 0. The molecule has 0 aromatic heterocycles. The molecule has 2 heterocycles. The number of allylic oxidation sites excluding steroid dienone is 1. The molecule has 19 heavy (non-hydrogen) atoms. The number of thioether (sulfide) groups is 1. The van der Waals surface area contributed by atoms with Crippen molar-refractivity contribution in [3.8, 4) is 0 Å². The third kappa shape index (κ3) is 2.48. The minimum Gasteiger partial charge on any atom is -0.378 e. The van der Waals surface area contributed by atoms with Crippen LogP contribution in [0.25, 0.3) is 0 Å². The second-order valence-corrected chi connectivity index (χ2v) is 5.63. The zero-order chi connectivity index (χ0) is 13.2. The number of ether oxygens (including phenoxy) is 1. The smallest absolute Gasteiger partial charge is 0.262 e. The lowest BCUT2D eigenvalue weighted by Crippen LogP contribution is -2.41. The molecule has 3 rings (SSSR count). The number of hydrogen-bond acceptors (Lipinski definition) is 4. The van der Waals surface area contributed by atoms with E-state index in [1.54, 1.807) is 11.8 Å². The second kappa shape index (κ2) is 5.27. The Bertz CT molecular complexity index is 536. The molecule has 1 fully saturated rings. The number of carbonyl (C=O) groups is 1. The lowest BCUT2D eigenvalue weighted by molar-refractivity contribution is -0.130. The zero-order valence-electron chi connectivity index (χ0n) is 10.8. The maximum atomic E-state index is 12.5. The number of nitrogens with zero attached hydrogens (tertiary/aromatic N) is 1. The zero-order valence-corrected chi connectivity index (χ0v) is 11.6. The molecule has 1 amide bonds. The number of hydrogen-bond donors (Lipinski definition) is 1. The number of rotatable bonds is 1. The Morgan fingerprint density at radius 1 is 1.32 bits per heavy atom. The quantitative estimate of drug-likeness (QED) is 0.854. The fraction of sp³-hybridized carbons (Fsp3) is 0.357. The van der Waals surface area contributed by atoms with Gasteiger partial charge < -0.3 is 15.0 Å². The van der Waals surface area contributed by atoms with Crippen molar-refractivity contribution < 1.29 is 9.53 Å². The Morgan fingerprint density at radius 3 is 2.84 bits per heavy atom. The summed E-state index contributed by atoms with van der Waals surface area (Å²) in [5, 5.41) is 3.31. The Morgan fingerprint density at radius 2 is 2.05 bits per heavy atom. The largest absolute Gasteiger partial charge is 0.378 e. The van der Waals surface area contributed by atoms with Crippen LogP contribution in [0.1, 0.15) is 6.92 Å². The van der Waals surface area contributed by atoms with Crippen LogP contribution in [0.15, 0.2) is 39.8 Å². The van der Waals surface area contributed by atoms with Crippen molar-refractivity contribution in [2.45, 2.75) is 11.8 Å². The highest BCUT2D eigenvalue weighted by Gasteiger charge is 2.26. The van der Waals surface area contributed by atoms with Crippen molar-refractivity contribution in [3.63, 3.8) is 0 Å². The van der Waals surface area contributed by atoms with Crippen LogP contribution < -0.4 is 5.32 Å². The number of anilines is 1. The van der Waals surface area contributed by atoms with Crippen LogP contribution in [-0.2, 0) is 9.53 Å². The number of benzene rings is 1. The molecular formula is C14H16N2O2S. The average molecular weight is 276 g/mol. The Balaban J connectivity index is 1.83. The summed E-state index contributed by atoms with van der Waals surface area (Å²) < 4.78 is 5.29. The van der Waals surface area contributed by atoms with Gasteiger partial charge in [-0.05, 0) is 19.1 Å². The lowest BCUT2D eigenvalue weighted by Gasteiger charge is -2.30. The fourth-order valence-corrected chi connectivity index (χ4v) is 3.23. The topological polar surface area (TPSA) is 41.6 Å². The predicted molar refractivity (Wildman–Crippen MR) is 76.0 cm³/mol. The van der Waals surface area contributed by atoms with Gasteiger partial charge in [0.15, 0.2) is 0 Å². The average Bonchev–Trinajstić information content (AvgIpc) is 2.47. The predicted octanol–water partition coefficient (Wildman–Crippen LogP) is 2.29. The number of fused-ring (bicyclic) bond motifs is 1. The Kier molecular flexibility index (Phi) is 3.48. The molecule has 0 aliphatic carbocycles. The molecular weight excluding hydrogens is 260 g/mol. The van der Waals surface area contributed by atoms with Gasteiger partial charge in [-0.3, -0.25) is 4.79 Å². The first-order valence-corrected chi connectivity index (χ1v) is 7.19. The van der Waals surface area contributed by atoms with E-state index in [-0.39, 0.29) is 5.91 Å². The van der Waals surface area contributed by atoms with Gasteiger partial charge in [-0.15, -0.1) is 0 Å². The lowest BCUT2D eigenvalue weighted by atomic mass is 10.2. The molecule has 0 atom stereocenters. The van der Waals surface area contributed by atoms with Gasteiger partial charge >= 0.3 is 0 Å². The van der Waals surface area contributed by atoms with Crippen LogP contribution in [0, 0.1) is 0 Å². The van der Waals surface area contributed by atoms with Crippen LogP contribution >= 0.6 is 11.8 Å². The van der Waals surface area contributed by atoms with E-state index in [4.69, 9.17) is 4.74 Å². The molecule has 100 valence electrons. The first-order valence-electron chi connectivity index (χ1n) is 6.37. The first kappa shape index (κ1) is 12.6. The van der Waals surface area contributed by atoms with Gasteiger partial charge in [0.25, 0.3) is 5.91 Å².